The van der Waals surface area contributed by atoms with Crippen LogP contribution in [-0.2, 0) is 9.59 Å². The minimum Gasteiger partial charge on any atom is -0.497 e. The van der Waals surface area contributed by atoms with E-state index in [2.05, 4.69) is 17.4 Å². The average molecular weight is 486 g/mol. The number of carbonyl (C=O) groups is 2. The fourth-order valence-corrected chi connectivity index (χ4v) is 6.29. The lowest BCUT2D eigenvalue weighted by atomic mass is 9.69. The van der Waals surface area contributed by atoms with Gasteiger partial charge in [0, 0.05) is 34.1 Å². The van der Waals surface area contributed by atoms with Crippen molar-refractivity contribution in [1.29, 1.82) is 0 Å². The molecule has 4 nitrogen and oxygen atoms in total. The van der Waals surface area contributed by atoms with Crippen LogP contribution in [0.25, 0.3) is 0 Å². The molecule has 3 rings (SSSR count). The van der Waals surface area contributed by atoms with Gasteiger partial charge in [0.25, 0.3) is 0 Å². The van der Waals surface area contributed by atoms with Crippen molar-refractivity contribution in [2.24, 2.45) is 11.8 Å². The quantitative estimate of drug-likeness (QED) is 0.453. The summed E-state index contributed by atoms with van der Waals surface area (Å²) in [6.45, 7) is 8.19. The van der Waals surface area contributed by atoms with E-state index >= 15 is 0 Å². The molecule has 1 aliphatic rings. The summed E-state index contributed by atoms with van der Waals surface area (Å²) in [7, 11) is 1.65. The Kier molecular flexibility index (Phi) is 9.33. The van der Waals surface area contributed by atoms with E-state index in [0.29, 0.717) is 6.42 Å². The fraction of sp³-hybridized carbons (Fsp3) is 0.481. The first kappa shape index (κ1) is 25.7. The highest BCUT2D eigenvalue weighted by Gasteiger charge is 2.44. The van der Waals surface area contributed by atoms with Crippen molar-refractivity contribution < 1.29 is 14.3 Å². The van der Waals surface area contributed by atoms with Crippen LogP contribution in [0.4, 0.5) is 5.69 Å². The van der Waals surface area contributed by atoms with E-state index in [1.807, 2.05) is 70.2 Å². The van der Waals surface area contributed by atoms with E-state index in [-0.39, 0.29) is 44.5 Å². The lowest BCUT2D eigenvalue weighted by Crippen LogP contribution is -2.44. The van der Waals surface area contributed by atoms with Gasteiger partial charge in [-0.1, -0.05) is 81.6 Å². The Hall–Kier alpha value is -1.92. The number of anilines is 1. The molecular weight excluding hydrogens is 450 g/mol. The Labute approximate surface area is 206 Å². The second-order valence-electron chi connectivity index (χ2n) is 9.15. The van der Waals surface area contributed by atoms with Gasteiger partial charge in [-0.25, -0.2) is 0 Å². The van der Waals surface area contributed by atoms with Crippen molar-refractivity contribution in [1.82, 2.24) is 0 Å². The van der Waals surface area contributed by atoms with Crippen molar-refractivity contribution in [3.63, 3.8) is 0 Å². The predicted octanol–water partition coefficient (Wildman–Crippen LogP) is 6.62. The second-order valence-corrected chi connectivity index (χ2v) is 12.3. The van der Waals surface area contributed by atoms with Crippen LogP contribution in [0.1, 0.15) is 52.0 Å². The molecule has 6 heteroatoms. The molecular formula is C27H35NO3S2. The summed E-state index contributed by atoms with van der Waals surface area (Å²) < 4.78 is 5.28. The molecule has 0 amide bonds. The van der Waals surface area contributed by atoms with Gasteiger partial charge in [-0.15, -0.1) is 0 Å². The van der Waals surface area contributed by atoms with Crippen molar-refractivity contribution >= 4 is 39.4 Å². The summed E-state index contributed by atoms with van der Waals surface area (Å²) in [5.41, 5.74) is 2.13. The Bertz CT molecular complexity index is 915. The molecule has 2 aromatic rings. The van der Waals surface area contributed by atoms with Crippen molar-refractivity contribution in [2.75, 3.05) is 12.4 Å². The topological polar surface area (TPSA) is 55.4 Å². The van der Waals surface area contributed by atoms with Gasteiger partial charge < -0.3 is 10.1 Å². The largest absolute Gasteiger partial charge is 0.497 e. The van der Waals surface area contributed by atoms with Crippen LogP contribution in [0.2, 0.25) is 0 Å². The summed E-state index contributed by atoms with van der Waals surface area (Å²) in [6.07, 6.45) is 1.31. The van der Waals surface area contributed by atoms with Gasteiger partial charge >= 0.3 is 0 Å². The van der Waals surface area contributed by atoms with E-state index in [9.17, 15) is 9.59 Å². The minimum atomic E-state index is -0.221. The Balaban J connectivity index is 1.93. The number of methoxy groups -OCH3 is 1. The molecule has 0 bridgehead atoms. The third kappa shape index (κ3) is 7.03. The van der Waals surface area contributed by atoms with Gasteiger partial charge in [0.15, 0.2) is 10.2 Å². The molecule has 33 heavy (non-hydrogen) atoms. The van der Waals surface area contributed by atoms with E-state index in [4.69, 9.17) is 4.74 Å². The van der Waals surface area contributed by atoms with Crippen molar-refractivity contribution in [3.05, 3.63) is 60.2 Å². The summed E-state index contributed by atoms with van der Waals surface area (Å²) in [5, 5.41) is 4.45. The minimum absolute atomic E-state index is 0.0459. The molecule has 4 atom stereocenters. The zero-order chi connectivity index (χ0) is 24.0. The number of hydrogen-bond donors (Lipinski definition) is 1. The van der Waals surface area contributed by atoms with Crippen LogP contribution in [0.15, 0.2) is 54.6 Å². The monoisotopic (exact) mass is 485 g/mol. The van der Waals surface area contributed by atoms with E-state index in [1.165, 1.54) is 29.1 Å². The molecule has 2 aromatic carbocycles. The summed E-state index contributed by atoms with van der Waals surface area (Å²) in [4.78, 5) is 26.7. The molecule has 0 radical (unpaired) electrons. The predicted molar refractivity (Wildman–Crippen MR) is 141 cm³/mol. The number of thioether (sulfide) groups is 2. The van der Waals surface area contributed by atoms with Gasteiger partial charge in [-0.2, -0.15) is 0 Å². The Morgan fingerprint density at radius 2 is 1.42 bits per heavy atom. The molecule has 1 fully saturated rings. The third-order valence-corrected chi connectivity index (χ3v) is 7.98. The van der Waals surface area contributed by atoms with Crippen molar-refractivity contribution in [2.45, 2.75) is 63.0 Å². The highest BCUT2D eigenvalue weighted by atomic mass is 32.2. The van der Waals surface area contributed by atoms with Crippen LogP contribution in [0, 0.1) is 11.8 Å². The number of hydrogen-bond acceptors (Lipinski definition) is 6. The number of benzene rings is 2. The van der Waals surface area contributed by atoms with E-state index < -0.39 is 0 Å². The smallest absolute Gasteiger partial charge is 0.194 e. The first-order chi connectivity index (χ1) is 15.8. The van der Waals surface area contributed by atoms with Crippen LogP contribution in [-0.4, -0.2) is 33.9 Å². The zero-order valence-electron chi connectivity index (χ0n) is 20.1. The molecule has 0 aliphatic heterocycles. The normalized spacial score (nSPS) is 22.9. The first-order valence-corrected chi connectivity index (χ1v) is 13.4. The molecule has 1 aliphatic carbocycles. The van der Waals surface area contributed by atoms with Gasteiger partial charge in [0.05, 0.1) is 7.11 Å². The van der Waals surface area contributed by atoms with Crippen LogP contribution in [0.5, 0.6) is 5.75 Å². The van der Waals surface area contributed by atoms with Gasteiger partial charge in [0.1, 0.15) is 5.75 Å². The van der Waals surface area contributed by atoms with E-state index in [0.717, 1.165) is 17.9 Å². The summed E-state index contributed by atoms with van der Waals surface area (Å²) in [5.74, 6) is 0.483. The Morgan fingerprint density at radius 1 is 0.848 bits per heavy atom. The van der Waals surface area contributed by atoms with Crippen LogP contribution >= 0.6 is 23.5 Å². The molecule has 0 aromatic heterocycles. The van der Waals surface area contributed by atoms with E-state index in [1.54, 1.807) is 7.11 Å². The number of nitrogens with one attached hydrogen (secondary N) is 1. The fourth-order valence-electron chi connectivity index (χ4n) is 4.49. The van der Waals surface area contributed by atoms with Gasteiger partial charge in [0.2, 0.25) is 0 Å². The standard InChI is InChI=1S/C27H35NO3S2/c1-17(2)32-26(29)23-15-24(27(30)33-18(3)4)25(16-22(23)19-9-7-6-8-10-19)28-20-11-13-21(31-5)14-12-20/h6-14,17-18,22-25,28H,15-16H2,1-5H3. The maximum absolute atomic E-state index is 13.3. The third-order valence-electron chi connectivity index (χ3n) is 5.97. The molecule has 1 N–H and O–H groups in total. The molecule has 0 spiro atoms. The molecule has 0 heterocycles. The molecule has 0 saturated heterocycles. The van der Waals surface area contributed by atoms with Gasteiger partial charge in [-0.3, -0.25) is 9.59 Å². The molecule has 1 saturated carbocycles. The van der Waals surface area contributed by atoms with Crippen LogP contribution < -0.4 is 10.1 Å². The average Bonchev–Trinajstić information content (AvgIpc) is 2.79. The number of rotatable bonds is 8. The summed E-state index contributed by atoms with van der Waals surface area (Å²) in [6, 6.07) is 18.1. The summed E-state index contributed by atoms with van der Waals surface area (Å²) >= 11 is 2.79. The zero-order valence-corrected chi connectivity index (χ0v) is 21.7. The second kappa shape index (κ2) is 12.0. The number of ether oxygens (including phenoxy) is 1. The lowest BCUT2D eigenvalue weighted by Gasteiger charge is -2.41. The maximum Gasteiger partial charge on any atom is 0.194 e. The van der Waals surface area contributed by atoms with Crippen molar-refractivity contribution in [3.8, 4) is 5.75 Å². The maximum atomic E-state index is 13.3. The SMILES string of the molecule is COc1ccc(NC2CC(c3ccccc3)C(C(=O)SC(C)C)CC2C(=O)SC(C)C)cc1. The Morgan fingerprint density at radius 3 is 1.97 bits per heavy atom. The highest BCUT2D eigenvalue weighted by Crippen LogP contribution is 2.45. The number of carbonyl (C=O) groups excluding carboxylic acids is 2. The lowest BCUT2D eigenvalue weighted by molar-refractivity contribution is -0.119. The highest BCUT2D eigenvalue weighted by molar-refractivity contribution is 8.14. The molecule has 4 unspecified atom stereocenters. The van der Waals surface area contributed by atoms with Gasteiger partial charge in [-0.05, 0) is 48.6 Å². The van der Waals surface area contributed by atoms with Crippen LogP contribution in [0.3, 0.4) is 0 Å². The molecule has 178 valence electrons. The first-order valence-electron chi connectivity index (χ1n) is 11.6.